The standard InChI is InChI=1S/C57H94O6/c1-4-7-10-13-16-19-21-23-24-25-26-27-28-29-30-31-32-34-35-38-41-44-47-50-56(59)62-53-54(52-61-55(58)49-46-43-40-37-18-15-12-9-6-3)63-57(60)51-48-45-42-39-36-33-22-20-17-14-11-8-5-2/h7,10-11,14,16,19-20,22-24,26-27,29-30,32,34,54H,4-6,8-9,12-13,15,17-18,21,25,28,31,33,35-53H2,1-3H3/b10-7-,14-11-,19-16-,22-20-,24-23-,27-26-,30-29-,34-32-. The van der Waals surface area contributed by atoms with E-state index in [-0.39, 0.29) is 31.1 Å². The molecule has 0 aliphatic rings. The minimum atomic E-state index is -0.793. The van der Waals surface area contributed by atoms with E-state index in [1.54, 1.807) is 0 Å². The highest BCUT2D eigenvalue weighted by Crippen LogP contribution is 2.13. The van der Waals surface area contributed by atoms with E-state index in [4.69, 9.17) is 14.2 Å². The molecule has 0 rings (SSSR count). The first-order valence-electron chi connectivity index (χ1n) is 25.7. The largest absolute Gasteiger partial charge is 0.462 e. The van der Waals surface area contributed by atoms with Crippen molar-refractivity contribution >= 4 is 17.9 Å². The Morgan fingerprint density at radius 2 is 0.651 bits per heavy atom. The Balaban J connectivity index is 4.36. The Hall–Kier alpha value is -3.67. The summed E-state index contributed by atoms with van der Waals surface area (Å²) in [5, 5.41) is 0. The lowest BCUT2D eigenvalue weighted by Gasteiger charge is -2.18. The molecule has 6 nitrogen and oxygen atoms in total. The van der Waals surface area contributed by atoms with E-state index in [1.165, 1.54) is 44.9 Å². The molecule has 6 heteroatoms. The van der Waals surface area contributed by atoms with Crippen molar-refractivity contribution in [3.05, 3.63) is 97.2 Å². The number of carbonyl (C=O) groups excluding carboxylic acids is 3. The number of allylic oxidation sites excluding steroid dienone is 16. The van der Waals surface area contributed by atoms with Crippen LogP contribution in [-0.2, 0) is 28.6 Å². The molecule has 0 bridgehead atoms. The van der Waals surface area contributed by atoms with E-state index >= 15 is 0 Å². The lowest BCUT2D eigenvalue weighted by molar-refractivity contribution is -0.167. The van der Waals surface area contributed by atoms with Crippen LogP contribution in [0.4, 0.5) is 0 Å². The minimum Gasteiger partial charge on any atom is -0.462 e. The van der Waals surface area contributed by atoms with Gasteiger partial charge in [0.15, 0.2) is 6.10 Å². The zero-order valence-corrected chi connectivity index (χ0v) is 40.8. The summed E-state index contributed by atoms with van der Waals surface area (Å²) in [6.07, 6.45) is 66.8. The highest BCUT2D eigenvalue weighted by atomic mass is 16.6. The third-order valence-corrected chi connectivity index (χ3v) is 10.6. The maximum atomic E-state index is 12.8. The molecule has 0 aromatic heterocycles. The molecule has 0 saturated carbocycles. The van der Waals surface area contributed by atoms with Crippen molar-refractivity contribution in [2.75, 3.05) is 13.2 Å². The van der Waals surface area contributed by atoms with Gasteiger partial charge in [0.05, 0.1) is 0 Å². The molecule has 0 aromatic rings. The molecule has 0 saturated heterocycles. The summed E-state index contributed by atoms with van der Waals surface area (Å²) in [6, 6.07) is 0. The normalized spacial score (nSPS) is 12.9. The van der Waals surface area contributed by atoms with Gasteiger partial charge in [-0.15, -0.1) is 0 Å². The van der Waals surface area contributed by atoms with Gasteiger partial charge in [-0.25, -0.2) is 0 Å². The quantitative estimate of drug-likeness (QED) is 0.0262. The van der Waals surface area contributed by atoms with Crippen molar-refractivity contribution < 1.29 is 28.6 Å². The molecular formula is C57H94O6. The van der Waals surface area contributed by atoms with Gasteiger partial charge in [0.2, 0.25) is 0 Å². The van der Waals surface area contributed by atoms with Crippen LogP contribution in [0.2, 0.25) is 0 Å². The molecule has 0 fully saturated rings. The van der Waals surface area contributed by atoms with Crippen LogP contribution in [0.15, 0.2) is 97.2 Å². The Bertz CT molecular complexity index is 1280. The third kappa shape index (κ3) is 49.2. The van der Waals surface area contributed by atoms with Crippen molar-refractivity contribution in [3.63, 3.8) is 0 Å². The molecule has 0 aromatic carbocycles. The van der Waals surface area contributed by atoms with Gasteiger partial charge in [0.1, 0.15) is 13.2 Å². The third-order valence-electron chi connectivity index (χ3n) is 10.6. The Kier molecular flexibility index (Phi) is 48.0. The predicted molar refractivity (Wildman–Crippen MR) is 270 cm³/mol. The highest BCUT2D eigenvalue weighted by molar-refractivity contribution is 5.71. The first-order chi connectivity index (χ1) is 31.0. The maximum absolute atomic E-state index is 12.8. The number of esters is 3. The van der Waals surface area contributed by atoms with Gasteiger partial charge in [-0.2, -0.15) is 0 Å². The van der Waals surface area contributed by atoms with E-state index in [0.29, 0.717) is 19.3 Å². The molecule has 0 spiro atoms. The maximum Gasteiger partial charge on any atom is 0.306 e. The number of unbranched alkanes of at least 4 members (excludes halogenated alkanes) is 18. The van der Waals surface area contributed by atoms with Gasteiger partial charge in [0, 0.05) is 19.3 Å². The number of ether oxygens (including phenoxy) is 3. The Labute approximate surface area is 387 Å². The summed E-state index contributed by atoms with van der Waals surface area (Å²) >= 11 is 0. The average molecular weight is 875 g/mol. The fraction of sp³-hybridized carbons (Fsp3) is 0.667. The fourth-order valence-electron chi connectivity index (χ4n) is 6.72. The van der Waals surface area contributed by atoms with Crippen molar-refractivity contribution in [2.45, 2.75) is 232 Å². The number of hydrogen-bond donors (Lipinski definition) is 0. The lowest BCUT2D eigenvalue weighted by Crippen LogP contribution is -2.30. The van der Waals surface area contributed by atoms with Gasteiger partial charge in [-0.1, -0.05) is 208 Å². The topological polar surface area (TPSA) is 78.9 Å². The van der Waals surface area contributed by atoms with Crippen LogP contribution in [-0.4, -0.2) is 37.2 Å². The van der Waals surface area contributed by atoms with Crippen LogP contribution in [0.5, 0.6) is 0 Å². The summed E-state index contributed by atoms with van der Waals surface area (Å²) in [5.74, 6) is -0.939. The summed E-state index contributed by atoms with van der Waals surface area (Å²) in [6.45, 7) is 6.39. The number of rotatable bonds is 45. The Morgan fingerprint density at radius 1 is 0.333 bits per heavy atom. The molecule has 63 heavy (non-hydrogen) atoms. The van der Waals surface area contributed by atoms with Gasteiger partial charge in [-0.05, 0) is 96.3 Å². The fourth-order valence-corrected chi connectivity index (χ4v) is 6.72. The average Bonchev–Trinajstić information content (AvgIpc) is 3.28. The molecule has 0 amide bonds. The number of carbonyl (C=O) groups is 3. The van der Waals surface area contributed by atoms with E-state index in [2.05, 4.69) is 118 Å². The molecule has 0 aliphatic carbocycles. The van der Waals surface area contributed by atoms with Crippen LogP contribution >= 0.6 is 0 Å². The van der Waals surface area contributed by atoms with Crippen molar-refractivity contribution in [1.29, 1.82) is 0 Å². The smallest absolute Gasteiger partial charge is 0.306 e. The second-order valence-electron chi connectivity index (χ2n) is 16.7. The van der Waals surface area contributed by atoms with E-state index in [9.17, 15) is 14.4 Å². The SMILES string of the molecule is CC/C=C\C/C=C\C/C=C\C/C=C\C/C=C\C/C=C\CCCCCCC(=O)OCC(COC(=O)CCCCCCCCCCC)OC(=O)CCCCCCC/C=C\C/C=C\CCC. The van der Waals surface area contributed by atoms with E-state index < -0.39 is 6.10 Å². The molecule has 358 valence electrons. The molecule has 0 heterocycles. The van der Waals surface area contributed by atoms with Crippen LogP contribution < -0.4 is 0 Å². The van der Waals surface area contributed by atoms with Crippen LogP contribution in [0.1, 0.15) is 226 Å². The van der Waals surface area contributed by atoms with Crippen LogP contribution in [0.25, 0.3) is 0 Å². The first-order valence-corrected chi connectivity index (χ1v) is 25.7. The molecular weight excluding hydrogens is 781 g/mol. The lowest BCUT2D eigenvalue weighted by atomic mass is 10.1. The monoisotopic (exact) mass is 875 g/mol. The van der Waals surface area contributed by atoms with Gasteiger partial charge in [-0.3, -0.25) is 14.4 Å². The second kappa shape index (κ2) is 51.0. The molecule has 1 unspecified atom stereocenters. The summed E-state index contributed by atoms with van der Waals surface area (Å²) in [4.78, 5) is 37.9. The number of hydrogen-bond acceptors (Lipinski definition) is 6. The molecule has 1 atom stereocenters. The second-order valence-corrected chi connectivity index (χ2v) is 16.7. The molecule has 0 aliphatic heterocycles. The molecule has 0 radical (unpaired) electrons. The first kappa shape index (κ1) is 59.3. The zero-order chi connectivity index (χ0) is 45.8. The minimum absolute atomic E-state index is 0.0915. The summed E-state index contributed by atoms with van der Waals surface area (Å²) in [7, 11) is 0. The van der Waals surface area contributed by atoms with Crippen molar-refractivity contribution in [1.82, 2.24) is 0 Å². The van der Waals surface area contributed by atoms with E-state index in [1.807, 2.05) is 0 Å². The Morgan fingerprint density at radius 3 is 1.03 bits per heavy atom. The van der Waals surface area contributed by atoms with Crippen LogP contribution in [0.3, 0.4) is 0 Å². The van der Waals surface area contributed by atoms with Gasteiger partial charge >= 0.3 is 17.9 Å². The highest BCUT2D eigenvalue weighted by Gasteiger charge is 2.19. The van der Waals surface area contributed by atoms with Crippen molar-refractivity contribution in [3.8, 4) is 0 Å². The molecule has 0 N–H and O–H groups in total. The van der Waals surface area contributed by atoms with Gasteiger partial charge < -0.3 is 14.2 Å². The van der Waals surface area contributed by atoms with E-state index in [0.717, 1.165) is 141 Å². The summed E-state index contributed by atoms with van der Waals surface area (Å²) in [5.41, 5.74) is 0. The summed E-state index contributed by atoms with van der Waals surface area (Å²) < 4.78 is 16.7. The van der Waals surface area contributed by atoms with Crippen LogP contribution in [0, 0.1) is 0 Å². The predicted octanol–water partition coefficient (Wildman–Crippen LogP) is 17.0. The van der Waals surface area contributed by atoms with Crippen molar-refractivity contribution in [2.24, 2.45) is 0 Å². The zero-order valence-electron chi connectivity index (χ0n) is 40.8. The van der Waals surface area contributed by atoms with Gasteiger partial charge in [0.25, 0.3) is 0 Å².